The largest absolute Gasteiger partial charge is 0.453 e. The minimum absolute atomic E-state index is 0.0186. The van der Waals surface area contributed by atoms with Gasteiger partial charge in [-0.2, -0.15) is 0 Å². The standard InChI is InChI=1S/C19H19ClFNO3/c1-12(14-6-4-3-5-7-14)10-18(23)25-13(2)19(24)22-17-9-8-15(20)11-16(17)21/h3-9,11-13H,10H2,1-2H3,(H,22,24)/t12-,13+/m1/s1. The van der Waals surface area contributed by atoms with E-state index in [2.05, 4.69) is 5.32 Å². The number of anilines is 1. The average molecular weight is 364 g/mol. The van der Waals surface area contributed by atoms with Crippen LogP contribution in [0.15, 0.2) is 48.5 Å². The molecule has 0 saturated carbocycles. The predicted octanol–water partition coefficient (Wildman–Crippen LogP) is 4.54. The van der Waals surface area contributed by atoms with Gasteiger partial charge in [-0.15, -0.1) is 0 Å². The molecule has 0 fully saturated rings. The van der Waals surface area contributed by atoms with Gasteiger partial charge >= 0.3 is 5.97 Å². The van der Waals surface area contributed by atoms with Crippen LogP contribution in [0.4, 0.5) is 10.1 Å². The third kappa shape index (κ3) is 5.57. The maximum absolute atomic E-state index is 13.7. The molecule has 0 radical (unpaired) electrons. The lowest BCUT2D eigenvalue weighted by molar-refractivity contribution is -0.153. The number of amides is 1. The van der Waals surface area contributed by atoms with Crippen molar-refractivity contribution in [3.63, 3.8) is 0 Å². The lowest BCUT2D eigenvalue weighted by Crippen LogP contribution is -2.30. The number of benzene rings is 2. The highest BCUT2D eigenvalue weighted by atomic mass is 35.5. The highest BCUT2D eigenvalue weighted by molar-refractivity contribution is 6.30. The second kappa shape index (κ2) is 8.62. The summed E-state index contributed by atoms with van der Waals surface area (Å²) in [4.78, 5) is 24.1. The van der Waals surface area contributed by atoms with Gasteiger partial charge in [0.1, 0.15) is 5.82 Å². The molecule has 0 aliphatic carbocycles. The summed E-state index contributed by atoms with van der Waals surface area (Å²) in [7, 11) is 0. The number of ether oxygens (including phenoxy) is 1. The van der Waals surface area contributed by atoms with Crippen molar-refractivity contribution in [3.05, 3.63) is 64.9 Å². The van der Waals surface area contributed by atoms with Gasteiger partial charge in [-0.3, -0.25) is 9.59 Å². The Morgan fingerprint density at radius 2 is 1.84 bits per heavy atom. The Balaban J connectivity index is 1.88. The lowest BCUT2D eigenvalue weighted by atomic mass is 9.98. The Hall–Kier alpha value is -2.40. The molecule has 4 nitrogen and oxygen atoms in total. The highest BCUT2D eigenvalue weighted by Crippen LogP contribution is 2.21. The fourth-order valence-electron chi connectivity index (χ4n) is 2.27. The molecule has 0 saturated heterocycles. The van der Waals surface area contributed by atoms with Crippen molar-refractivity contribution in [2.24, 2.45) is 0 Å². The first-order valence-electron chi connectivity index (χ1n) is 7.87. The van der Waals surface area contributed by atoms with Gasteiger partial charge in [-0.1, -0.05) is 48.9 Å². The Labute approximate surface area is 150 Å². The highest BCUT2D eigenvalue weighted by Gasteiger charge is 2.21. The molecule has 2 aromatic carbocycles. The summed E-state index contributed by atoms with van der Waals surface area (Å²) < 4.78 is 18.8. The summed E-state index contributed by atoms with van der Waals surface area (Å²) in [5, 5.41) is 2.60. The van der Waals surface area contributed by atoms with Gasteiger partial charge in [0.15, 0.2) is 6.10 Å². The quantitative estimate of drug-likeness (QED) is 0.766. The van der Waals surface area contributed by atoms with Crippen LogP contribution in [0.3, 0.4) is 0 Å². The van der Waals surface area contributed by atoms with Crippen LogP contribution < -0.4 is 5.32 Å². The Bertz CT molecular complexity index is 752. The topological polar surface area (TPSA) is 55.4 Å². The van der Waals surface area contributed by atoms with Gasteiger partial charge in [0.2, 0.25) is 0 Å². The van der Waals surface area contributed by atoms with Crippen LogP contribution in [0.2, 0.25) is 5.02 Å². The van der Waals surface area contributed by atoms with Gasteiger partial charge < -0.3 is 10.1 Å². The SMILES string of the molecule is C[C@H](OC(=O)C[C@@H](C)c1ccccc1)C(=O)Nc1ccc(Cl)cc1F. The lowest BCUT2D eigenvalue weighted by Gasteiger charge is -2.16. The normalized spacial score (nSPS) is 13.0. The molecule has 0 unspecified atom stereocenters. The van der Waals surface area contributed by atoms with E-state index in [1.807, 2.05) is 37.3 Å². The van der Waals surface area contributed by atoms with Crippen LogP contribution in [0.25, 0.3) is 0 Å². The monoisotopic (exact) mass is 363 g/mol. The van der Waals surface area contributed by atoms with E-state index in [0.29, 0.717) is 0 Å². The third-order valence-electron chi connectivity index (χ3n) is 3.71. The van der Waals surface area contributed by atoms with Crippen LogP contribution in [-0.2, 0) is 14.3 Å². The van der Waals surface area contributed by atoms with Gasteiger partial charge in [0, 0.05) is 5.02 Å². The molecule has 0 heterocycles. The molecule has 0 spiro atoms. The number of carbonyl (C=O) groups excluding carboxylic acids is 2. The summed E-state index contributed by atoms with van der Waals surface area (Å²) in [5.41, 5.74) is 0.995. The Kier molecular flexibility index (Phi) is 6.53. The maximum atomic E-state index is 13.7. The number of hydrogen-bond donors (Lipinski definition) is 1. The summed E-state index contributed by atoms with van der Waals surface area (Å²) in [6.07, 6.45) is -0.887. The molecule has 0 bridgehead atoms. The predicted molar refractivity (Wildman–Crippen MR) is 95.1 cm³/mol. The van der Waals surface area contributed by atoms with Crippen molar-refractivity contribution in [2.75, 3.05) is 5.32 Å². The average Bonchev–Trinajstić information content (AvgIpc) is 2.57. The van der Waals surface area contributed by atoms with Gasteiger partial charge in [-0.25, -0.2) is 4.39 Å². The molecule has 0 aliphatic heterocycles. The molecule has 1 N–H and O–H groups in total. The van der Waals surface area contributed by atoms with Crippen LogP contribution in [0.5, 0.6) is 0 Å². The van der Waals surface area contributed by atoms with E-state index in [0.717, 1.165) is 11.6 Å². The van der Waals surface area contributed by atoms with Gasteiger partial charge in [0.05, 0.1) is 12.1 Å². The van der Waals surface area contributed by atoms with Crippen LogP contribution in [0.1, 0.15) is 31.7 Å². The zero-order valence-corrected chi connectivity index (χ0v) is 14.7. The fourth-order valence-corrected chi connectivity index (χ4v) is 2.43. The van der Waals surface area contributed by atoms with Crippen molar-refractivity contribution in [3.8, 4) is 0 Å². The number of rotatable bonds is 6. The first-order valence-corrected chi connectivity index (χ1v) is 8.25. The molecule has 132 valence electrons. The van der Waals surface area contributed by atoms with Crippen molar-refractivity contribution in [1.82, 2.24) is 0 Å². The summed E-state index contributed by atoms with van der Waals surface area (Å²) in [6, 6.07) is 13.4. The number of nitrogens with one attached hydrogen (secondary N) is 1. The molecular weight excluding hydrogens is 345 g/mol. The minimum atomic E-state index is -1.04. The number of esters is 1. The first kappa shape index (κ1) is 18.9. The van der Waals surface area contributed by atoms with E-state index >= 15 is 0 Å². The molecular formula is C19H19ClFNO3. The summed E-state index contributed by atoms with van der Waals surface area (Å²) >= 11 is 5.66. The zero-order chi connectivity index (χ0) is 18.4. The smallest absolute Gasteiger partial charge is 0.307 e. The van der Waals surface area contributed by atoms with Crippen molar-refractivity contribution in [2.45, 2.75) is 32.3 Å². The fraction of sp³-hybridized carbons (Fsp3) is 0.263. The third-order valence-corrected chi connectivity index (χ3v) is 3.94. The van der Waals surface area contributed by atoms with E-state index in [1.165, 1.54) is 19.1 Å². The number of carbonyl (C=O) groups is 2. The van der Waals surface area contributed by atoms with E-state index in [9.17, 15) is 14.0 Å². The second-order valence-electron chi connectivity index (χ2n) is 5.76. The molecule has 25 heavy (non-hydrogen) atoms. The summed E-state index contributed by atoms with van der Waals surface area (Å²) in [5.74, 6) is -1.78. The van der Waals surface area contributed by atoms with Gasteiger partial charge in [-0.05, 0) is 36.6 Å². The minimum Gasteiger partial charge on any atom is -0.453 e. The van der Waals surface area contributed by atoms with Crippen molar-refractivity contribution >= 4 is 29.2 Å². The van der Waals surface area contributed by atoms with Crippen molar-refractivity contribution < 1.29 is 18.7 Å². The number of hydrogen-bond acceptors (Lipinski definition) is 3. The van der Waals surface area contributed by atoms with E-state index < -0.39 is 23.8 Å². The molecule has 2 atom stereocenters. The zero-order valence-electron chi connectivity index (χ0n) is 14.0. The Morgan fingerprint density at radius 1 is 1.16 bits per heavy atom. The van der Waals surface area contributed by atoms with Crippen LogP contribution in [0, 0.1) is 5.82 Å². The Morgan fingerprint density at radius 3 is 2.48 bits per heavy atom. The molecule has 6 heteroatoms. The van der Waals surface area contributed by atoms with Crippen molar-refractivity contribution in [1.29, 1.82) is 0 Å². The number of halogens is 2. The second-order valence-corrected chi connectivity index (χ2v) is 6.20. The molecule has 1 amide bonds. The van der Waals surface area contributed by atoms with E-state index in [4.69, 9.17) is 16.3 Å². The van der Waals surface area contributed by atoms with E-state index in [1.54, 1.807) is 0 Å². The molecule has 2 rings (SSSR count). The maximum Gasteiger partial charge on any atom is 0.307 e. The van der Waals surface area contributed by atoms with E-state index in [-0.39, 0.29) is 23.0 Å². The first-order chi connectivity index (χ1) is 11.9. The van der Waals surface area contributed by atoms with Gasteiger partial charge in [0.25, 0.3) is 5.91 Å². The molecule has 0 aromatic heterocycles. The molecule has 0 aliphatic rings. The van der Waals surface area contributed by atoms with Crippen LogP contribution in [-0.4, -0.2) is 18.0 Å². The van der Waals surface area contributed by atoms with Crippen LogP contribution >= 0.6 is 11.6 Å². The summed E-state index contributed by atoms with van der Waals surface area (Å²) in [6.45, 7) is 3.35. The molecule has 2 aromatic rings.